The van der Waals surface area contributed by atoms with Gasteiger partial charge in [0, 0.05) is 13.2 Å². The highest BCUT2D eigenvalue weighted by Crippen LogP contribution is 2.16. The quantitative estimate of drug-likeness (QED) is 0.502. The number of anilines is 1. The third-order valence-corrected chi connectivity index (χ3v) is 2.28. The van der Waals surface area contributed by atoms with Crippen LogP contribution in [0.1, 0.15) is 20.8 Å². The molecule has 0 atom stereocenters. The van der Waals surface area contributed by atoms with E-state index in [1.54, 1.807) is 40.0 Å². The van der Waals surface area contributed by atoms with E-state index in [2.05, 4.69) is 9.98 Å². The summed E-state index contributed by atoms with van der Waals surface area (Å²) < 4.78 is 5.37. The van der Waals surface area contributed by atoms with Gasteiger partial charge in [0.2, 0.25) is 0 Å². The van der Waals surface area contributed by atoms with E-state index >= 15 is 0 Å². The lowest BCUT2D eigenvalue weighted by Gasteiger charge is -2.26. The first-order valence-corrected chi connectivity index (χ1v) is 6.38. The summed E-state index contributed by atoms with van der Waals surface area (Å²) in [6.45, 7) is 5.33. The Morgan fingerprint density at radius 3 is 2.67 bits per heavy atom. The molecular formula is C14H19BN4O2. The maximum Gasteiger partial charge on any atom is 0.421 e. The Bertz CT molecular complexity index is 564. The number of hydrogen-bond donors (Lipinski definition) is 1. The van der Waals surface area contributed by atoms with Crippen molar-refractivity contribution in [1.82, 2.24) is 4.98 Å². The van der Waals surface area contributed by atoms with Crippen molar-refractivity contribution in [2.75, 3.05) is 11.9 Å². The molecule has 2 radical (unpaired) electrons. The van der Waals surface area contributed by atoms with Gasteiger partial charge >= 0.3 is 6.09 Å². The van der Waals surface area contributed by atoms with Crippen molar-refractivity contribution in [1.29, 1.82) is 0 Å². The van der Waals surface area contributed by atoms with Crippen LogP contribution in [0.3, 0.4) is 0 Å². The fourth-order valence-corrected chi connectivity index (χ4v) is 1.50. The summed E-state index contributed by atoms with van der Waals surface area (Å²) in [5.41, 5.74) is 5.21. The van der Waals surface area contributed by atoms with Crippen LogP contribution >= 0.6 is 0 Å². The Hall–Kier alpha value is -2.31. The van der Waals surface area contributed by atoms with Crippen LogP contribution in [-0.4, -0.2) is 37.4 Å². The van der Waals surface area contributed by atoms with Gasteiger partial charge in [0.15, 0.2) is 0 Å². The number of carbonyl (C=O) groups is 1. The van der Waals surface area contributed by atoms with Crippen molar-refractivity contribution < 1.29 is 9.53 Å². The third kappa shape index (κ3) is 4.94. The number of rotatable bonds is 2. The molecule has 0 aliphatic rings. The summed E-state index contributed by atoms with van der Waals surface area (Å²) in [6.07, 6.45) is 3.65. The van der Waals surface area contributed by atoms with Gasteiger partial charge in [-0.3, -0.25) is 4.99 Å². The minimum Gasteiger partial charge on any atom is -0.443 e. The molecule has 1 amide bonds. The van der Waals surface area contributed by atoms with Gasteiger partial charge in [-0.1, -0.05) is 11.5 Å². The maximum atomic E-state index is 12.4. The zero-order valence-corrected chi connectivity index (χ0v) is 12.7. The Morgan fingerprint density at radius 2 is 2.19 bits per heavy atom. The molecule has 21 heavy (non-hydrogen) atoms. The molecule has 0 aromatic carbocycles. The summed E-state index contributed by atoms with van der Waals surface area (Å²) >= 11 is 0. The van der Waals surface area contributed by atoms with Crippen LogP contribution in [0.5, 0.6) is 0 Å². The molecule has 0 bridgehead atoms. The van der Waals surface area contributed by atoms with Gasteiger partial charge in [0.05, 0.1) is 0 Å². The van der Waals surface area contributed by atoms with Gasteiger partial charge in [-0.2, -0.15) is 0 Å². The number of amidine groups is 1. The molecule has 1 aromatic rings. The molecule has 1 heterocycles. The van der Waals surface area contributed by atoms with E-state index in [1.165, 1.54) is 23.4 Å². The van der Waals surface area contributed by atoms with E-state index < -0.39 is 11.7 Å². The SMILES string of the molecule is [B]c1ccnc(N(C(=O)OC(C)(C)C)C(C=CN)=NC)c1. The van der Waals surface area contributed by atoms with Gasteiger partial charge in [-0.05, 0) is 39.1 Å². The second kappa shape index (κ2) is 6.92. The fourth-order valence-electron chi connectivity index (χ4n) is 1.50. The second-order valence-corrected chi connectivity index (χ2v) is 5.20. The zero-order valence-electron chi connectivity index (χ0n) is 12.7. The Labute approximate surface area is 126 Å². The summed E-state index contributed by atoms with van der Waals surface area (Å²) in [7, 11) is 7.28. The van der Waals surface area contributed by atoms with Crippen molar-refractivity contribution in [3.63, 3.8) is 0 Å². The number of hydrogen-bond acceptors (Lipinski definition) is 5. The number of aliphatic imine (C=N–C) groups is 1. The lowest BCUT2D eigenvalue weighted by molar-refractivity contribution is 0.0603. The summed E-state index contributed by atoms with van der Waals surface area (Å²) in [6, 6.07) is 3.18. The molecule has 1 aromatic heterocycles. The number of nitrogens with two attached hydrogens (primary N) is 1. The molecule has 0 saturated heterocycles. The topological polar surface area (TPSA) is 80.8 Å². The number of nitrogens with zero attached hydrogens (tertiary/aromatic N) is 3. The summed E-state index contributed by atoms with van der Waals surface area (Å²) in [4.78, 5) is 21.8. The lowest BCUT2D eigenvalue weighted by Crippen LogP contribution is -2.41. The van der Waals surface area contributed by atoms with E-state index in [4.69, 9.17) is 18.3 Å². The fraction of sp³-hybridized carbons (Fsp3) is 0.357. The first-order valence-electron chi connectivity index (χ1n) is 6.38. The van der Waals surface area contributed by atoms with E-state index in [-0.39, 0.29) is 0 Å². The van der Waals surface area contributed by atoms with Crippen molar-refractivity contribution in [2.45, 2.75) is 26.4 Å². The van der Waals surface area contributed by atoms with Crippen LogP contribution in [0.4, 0.5) is 10.6 Å². The minimum atomic E-state index is -0.652. The number of amides is 1. The Morgan fingerprint density at radius 1 is 1.52 bits per heavy atom. The maximum absolute atomic E-state index is 12.4. The smallest absolute Gasteiger partial charge is 0.421 e. The lowest BCUT2D eigenvalue weighted by atomic mass is 9.98. The first-order chi connectivity index (χ1) is 9.78. The molecule has 6 nitrogen and oxygen atoms in total. The van der Waals surface area contributed by atoms with Gasteiger partial charge in [-0.15, -0.1) is 0 Å². The molecule has 0 saturated carbocycles. The van der Waals surface area contributed by atoms with E-state index in [0.29, 0.717) is 17.1 Å². The number of ether oxygens (including phenoxy) is 1. The Balaban J connectivity index is 3.26. The van der Waals surface area contributed by atoms with Crippen LogP contribution in [0.15, 0.2) is 35.6 Å². The average Bonchev–Trinajstić information content (AvgIpc) is 2.36. The molecule has 0 aliphatic carbocycles. The largest absolute Gasteiger partial charge is 0.443 e. The molecular weight excluding hydrogens is 267 g/mol. The summed E-state index contributed by atoms with van der Waals surface area (Å²) in [5.74, 6) is 0.604. The number of pyridine rings is 1. The van der Waals surface area contributed by atoms with E-state index in [1.807, 2.05) is 0 Å². The standard InChI is InChI=1S/C14H19BN4O2/c1-14(2,3)21-13(20)19(11(17-4)5-7-16)12-9-10(15)6-8-18-12/h5-9H,16H2,1-4H3. The predicted molar refractivity (Wildman–Crippen MR) is 85.0 cm³/mol. The van der Waals surface area contributed by atoms with Crippen molar-refractivity contribution >= 4 is 31.1 Å². The van der Waals surface area contributed by atoms with Gasteiger partial charge in [0.1, 0.15) is 25.1 Å². The highest BCUT2D eigenvalue weighted by atomic mass is 16.6. The van der Waals surface area contributed by atoms with E-state index in [9.17, 15) is 4.79 Å². The average molecular weight is 286 g/mol. The number of carbonyl (C=O) groups excluding carboxylic acids is 1. The predicted octanol–water partition coefficient (Wildman–Crippen LogP) is 1.12. The molecule has 7 heteroatoms. The van der Waals surface area contributed by atoms with Crippen LogP contribution < -0.4 is 16.1 Å². The van der Waals surface area contributed by atoms with Crippen molar-refractivity contribution in [3.8, 4) is 0 Å². The highest BCUT2D eigenvalue weighted by Gasteiger charge is 2.27. The highest BCUT2D eigenvalue weighted by molar-refractivity contribution is 6.32. The molecule has 1 rings (SSSR count). The van der Waals surface area contributed by atoms with Crippen LogP contribution in [0, 0.1) is 0 Å². The second-order valence-electron chi connectivity index (χ2n) is 5.20. The van der Waals surface area contributed by atoms with Gasteiger partial charge in [-0.25, -0.2) is 14.7 Å². The normalized spacial score (nSPS) is 12.5. The monoisotopic (exact) mass is 286 g/mol. The third-order valence-electron chi connectivity index (χ3n) is 2.28. The molecule has 0 unspecified atom stereocenters. The molecule has 110 valence electrons. The molecule has 2 N–H and O–H groups in total. The van der Waals surface area contributed by atoms with Gasteiger partial charge in [0.25, 0.3) is 0 Å². The van der Waals surface area contributed by atoms with E-state index in [0.717, 1.165) is 0 Å². The number of aromatic nitrogens is 1. The van der Waals surface area contributed by atoms with Crippen molar-refractivity contribution in [3.05, 3.63) is 30.6 Å². The van der Waals surface area contributed by atoms with Crippen LogP contribution in [-0.2, 0) is 4.74 Å². The van der Waals surface area contributed by atoms with Crippen LogP contribution in [0.2, 0.25) is 0 Å². The molecule has 0 fully saturated rings. The Kier molecular flexibility index (Phi) is 5.52. The van der Waals surface area contributed by atoms with Crippen molar-refractivity contribution in [2.24, 2.45) is 10.7 Å². The minimum absolute atomic E-state index is 0.296. The molecule has 0 spiro atoms. The van der Waals surface area contributed by atoms with Crippen LogP contribution in [0.25, 0.3) is 0 Å². The molecule has 0 aliphatic heterocycles. The summed E-state index contributed by atoms with van der Waals surface area (Å²) in [5, 5.41) is 0. The van der Waals surface area contributed by atoms with Gasteiger partial charge < -0.3 is 10.5 Å². The first kappa shape index (κ1) is 16.7. The zero-order chi connectivity index (χ0) is 16.0.